The highest BCUT2D eigenvalue weighted by molar-refractivity contribution is 7.92. The van der Waals surface area contributed by atoms with Gasteiger partial charge in [0, 0.05) is 12.6 Å². The lowest BCUT2D eigenvalue weighted by atomic mass is 10.2. The number of hydrogen-bond acceptors (Lipinski definition) is 3. The van der Waals surface area contributed by atoms with Crippen molar-refractivity contribution in [3.63, 3.8) is 0 Å². The summed E-state index contributed by atoms with van der Waals surface area (Å²) in [5, 5.41) is 0. The molecule has 0 aliphatic heterocycles. The number of rotatable bonds is 5. The molecule has 0 spiro atoms. The van der Waals surface area contributed by atoms with Crippen molar-refractivity contribution in [1.29, 1.82) is 0 Å². The fourth-order valence-corrected chi connectivity index (χ4v) is 4.02. The molecule has 6 heteroatoms. The van der Waals surface area contributed by atoms with Gasteiger partial charge in [0.25, 0.3) is 10.0 Å². The fraction of sp³-hybridized carbons (Fsp3) is 0.333. The molecule has 0 fully saturated rings. The van der Waals surface area contributed by atoms with Crippen LogP contribution < -0.4 is 4.31 Å². The van der Waals surface area contributed by atoms with Crippen molar-refractivity contribution in [3.8, 4) is 0 Å². The van der Waals surface area contributed by atoms with Crippen LogP contribution in [0.3, 0.4) is 0 Å². The first-order valence-electron chi connectivity index (χ1n) is 6.64. The van der Waals surface area contributed by atoms with E-state index in [4.69, 9.17) is 16.0 Å². The lowest BCUT2D eigenvalue weighted by Crippen LogP contribution is -2.31. The van der Waals surface area contributed by atoms with Gasteiger partial charge in [0.15, 0.2) is 0 Å². The number of halogens is 1. The molecule has 4 nitrogen and oxygen atoms in total. The fourth-order valence-electron chi connectivity index (χ4n) is 2.24. The molecule has 1 heterocycles. The number of hydrogen-bond donors (Lipinski definition) is 0. The van der Waals surface area contributed by atoms with Gasteiger partial charge in [0.2, 0.25) is 0 Å². The van der Waals surface area contributed by atoms with Gasteiger partial charge in [0.1, 0.15) is 16.4 Å². The summed E-state index contributed by atoms with van der Waals surface area (Å²) in [6, 6.07) is 8.90. The Kier molecular flexibility index (Phi) is 4.64. The molecule has 0 bridgehead atoms. The molecule has 0 unspecified atom stereocenters. The molecule has 0 saturated carbocycles. The zero-order chi connectivity index (χ0) is 15.6. The van der Waals surface area contributed by atoms with E-state index in [0.717, 1.165) is 5.56 Å². The van der Waals surface area contributed by atoms with Crippen LogP contribution in [0, 0.1) is 13.8 Å². The Morgan fingerprint density at radius 2 is 1.95 bits per heavy atom. The van der Waals surface area contributed by atoms with Crippen molar-refractivity contribution in [2.75, 3.05) is 10.8 Å². The molecule has 0 aliphatic rings. The summed E-state index contributed by atoms with van der Waals surface area (Å²) in [7, 11) is -3.66. The third-order valence-electron chi connectivity index (χ3n) is 3.20. The van der Waals surface area contributed by atoms with Crippen molar-refractivity contribution < 1.29 is 12.8 Å². The summed E-state index contributed by atoms with van der Waals surface area (Å²) in [5.41, 5.74) is 1.65. The van der Waals surface area contributed by atoms with E-state index in [1.54, 1.807) is 19.9 Å². The third-order valence-corrected chi connectivity index (χ3v) is 5.47. The first-order valence-corrected chi connectivity index (χ1v) is 8.62. The molecule has 0 saturated heterocycles. The summed E-state index contributed by atoms with van der Waals surface area (Å²) in [6.07, 6.45) is 0. The van der Waals surface area contributed by atoms with E-state index in [-0.39, 0.29) is 10.8 Å². The second-order valence-corrected chi connectivity index (χ2v) is 6.87. The molecule has 21 heavy (non-hydrogen) atoms. The van der Waals surface area contributed by atoms with Gasteiger partial charge in [-0.05, 0) is 38.5 Å². The largest absolute Gasteiger partial charge is 0.464 e. The molecule has 2 rings (SSSR count). The zero-order valence-electron chi connectivity index (χ0n) is 12.3. The molecular weight excluding hydrogens is 310 g/mol. The monoisotopic (exact) mass is 327 g/mol. The number of aryl methyl sites for hydroxylation is 2. The number of anilines is 1. The van der Waals surface area contributed by atoms with E-state index >= 15 is 0 Å². The van der Waals surface area contributed by atoms with Gasteiger partial charge in [-0.1, -0.05) is 12.1 Å². The maximum absolute atomic E-state index is 12.8. The molecule has 114 valence electrons. The molecule has 0 N–H and O–H groups in total. The molecule has 0 amide bonds. The molecule has 1 aromatic heterocycles. The van der Waals surface area contributed by atoms with Crippen LogP contribution in [-0.4, -0.2) is 15.0 Å². The van der Waals surface area contributed by atoms with E-state index in [1.165, 1.54) is 10.4 Å². The normalized spacial score (nSPS) is 11.6. The van der Waals surface area contributed by atoms with Crippen LogP contribution in [-0.2, 0) is 15.9 Å². The van der Waals surface area contributed by atoms with Gasteiger partial charge in [-0.2, -0.15) is 0 Å². The lowest BCUT2D eigenvalue weighted by Gasteiger charge is -2.22. The van der Waals surface area contributed by atoms with Gasteiger partial charge in [-0.15, -0.1) is 11.6 Å². The number of sulfonamides is 1. The van der Waals surface area contributed by atoms with Crippen LogP contribution in [0.2, 0.25) is 0 Å². The maximum Gasteiger partial charge on any atom is 0.267 e. The summed E-state index contributed by atoms with van der Waals surface area (Å²) >= 11 is 5.71. The molecule has 0 radical (unpaired) electrons. The van der Waals surface area contributed by atoms with Crippen molar-refractivity contribution in [3.05, 3.63) is 47.4 Å². The maximum atomic E-state index is 12.8. The third kappa shape index (κ3) is 3.09. The summed E-state index contributed by atoms with van der Waals surface area (Å²) in [6.45, 7) is 5.70. The average Bonchev–Trinajstić information content (AvgIpc) is 2.81. The minimum atomic E-state index is -3.66. The second kappa shape index (κ2) is 6.12. The Bertz CT molecular complexity index is 737. The minimum Gasteiger partial charge on any atom is -0.464 e. The minimum absolute atomic E-state index is 0.146. The van der Waals surface area contributed by atoms with Gasteiger partial charge < -0.3 is 4.42 Å². The Hall–Kier alpha value is -1.46. The number of alkyl halides is 1. The summed E-state index contributed by atoms with van der Waals surface area (Å²) < 4.78 is 32.4. The summed E-state index contributed by atoms with van der Waals surface area (Å²) in [4.78, 5) is 0.168. The van der Waals surface area contributed by atoms with E-state index in [0.29, 0.717) is 23.8 Å². The van der Waals surface area contributed by atoms with E-state index < -0.39 is 10.0 Å². The number of benzene rings is 1. The van der Waals surface area contributed by atoms with Gasteiger partial charge in [-0.25, -0.2) is 8.42 Å². The highest BCUT2D eigenvalue weighted by atomic mass is 35.5. The predicted octanol–water partition coefficient (Wildman–Crippen LogP) is 3.85. The van der Waals surface area contributed by atoms with Crippen LogP contribution in [0.5, 0.6) is 0 Å². The average molecular weight is 328 g/mol. The van der Waals surface area contributed by atoms with Crippen molar-refractivity contribution >= 4 is 27.3 Å². The zero-order valence-corrected chi connectivity index (χ0v) is 13.8. The highest BCUT2D eigenvalue weighted by Gasteiger charge is 2.28. The van der Waals surface area contributed by atoms with Gasteiger partial charge in [-0.3, -0.25) is 4.31 Å². The molecule has 2 aromatic rings. The standard InChI is InChI=1S/C15H18ClNO3S/c1-4-17(13-7-5-6-11(2)8-13)21(18,19)15-9-14(10-16)20-12(15)3/h5-9H,4,10H2,1-3H3. The second-order valence-electron chi connectivity index (χ2n) is 4.78. The molecule has 0 atom stereocenters. The SMILES string of the molecule is CCN(c1cccc(C)c1)S(=O)(=O)c1cc(CCl)oc1C. The lowest BCUT2D eigenvalue weighted by molar-refractivity contribution is 0.492. The van der Waals surface area contributed by atoms with E-state index in [1.807, 2.05) is 25.1 Å². The Morgan fingerprint density at radius 3 is 2.48 bits per heavy atom. The van der Waals surface area contributed by atoms with Crippen LogP contribution in [0.25, 0.3) is 0 Å². The van der Waals surface area contributed by atoms with Crippen LogP contribution in [0.4, 0.5) is 5.69 Å². The van der Waals surface area contributed by atoms with Crippen LogP contribution in [0.1, 0.15) is 24.0 Å². The summed E-state index contributed by atoms with van der Waals surface area (Å²) in [5.74, 6) is 0.956. The van der Waals surface area contributed by atoms with Crippen molar-refractivity contribution in [2.45, 2.75) is 31.5 Å². The number of nitrogens with zero attached hydrogens (tertiary/aromatic N) is 1. The van der Waals surface area contributed by atoms with Gasteiger partial charge in [0.05, 0.1) is 11.6 Å². The van der Waals surface area contributed by atoms with Crippen molar-refractivity contribution in [1.82, 2.24) is 0 Å². The smallest absolute Gasteiger partial charge is 0.267 e. The Balaban J connectivity index is 2.51. The molecule has 1 aromatic carbocycles. The first-order chi connectivity index (χ1) is 9.90. The predicted molar refractivity (Wildman–Crippen MR) is 84.4 cm³/mol. The van der Waals surface area contributed by atoms with E-state index in [2.05, 4.69) is 0 Å². The quantitative estimate of drug-likeness (QED) is 0.784. The number of furan rings is 1. The van der Waals surface area contributed by atoms with Gasteiger partial charge >= 0.3 is 0 Å². The van der Waals surface area contributed by atoms with Crippen LogP contribution in [0.15, 0.2) is 39.6 Å². The van der Waals surface area contributed by atoms with Crippen LogP contribution >= 0.6 is 11.6 Å². The van der Waals surface area contributed by atoms with Crippen molar-refractivity contribution in [2.24, 2.45) is 0 Å². The Morgan fingerprint density at radius 1 is 1.24 bits per heavy atom. The topological polar surface area (TPSA) is 50.5 Å². The first kappa shape index (κ1) is 15.9. The molecule has 0 aliphatic carbocycles. The van der Waals surface area contributed by atoms with E-state index in [9.17, 15) is 8.42 Å². The highest BCUT2D eigenvalue weighted by Crippen LogP contribution is 2.28. The Labute approximate surface area is 130 Å². The molecular formula is C15H18ClNO3S.